The van der Waals surface area contributed by atoms with Crippen molar-refractivity contribution < 1.29 is 5.11 Å². The van der Waals surface area contributed by atoms with E-state index in [9.17, 15) is 5.11 Å². The Morgan fingerprint density at radius 1 is 1.73 bits per heavy atom. The van der Waals surface area contributed by atoms with Crippen molar-refractivity contribution >= 4 is 11.6 Å². The fraction of sp³-hybridized carbons (Fsp3) is 0.750. The highest BCUT2D eigenvalue weighted by molar-refractivity contribution is 6.29. The molecule has 1 fully saturated rings. The lowest BCUT2D eigenvalue weighted by molar-refractivity contribution is 0.115. The van der Waals surface area contributed by atoms with Crippen molar-refractivity contribution in [2.45, 2.75) is 31.9 Å². The summed E-state index contributed by atoms with van der Waals surface area (Å²) in [4.78, 5) is 0. The van der Waals surface area contributed by atoms with Crippen LogP contribution in [0.1, 0.15) is 19.8 Å². The lowest BCUT2D eigenvalue weighted by atomic mass is 10.0. The smallest absolute Gasteiger partial charge is 0.0730 e. The first kappa shape index (κ1) is 9.04. The van der Waals surface area contributed by atoms with E-state index < -0.39 is 0 Å². The number of rotatable bonds is 1. The van der Waals surface area contributed by atoms with Crippen molar-refractivity contribution in [3.05, 3.63) is 11.1 Å². The van der Waals surface area contributed by atoms with E-state index >= 15 is 0 Å². The Kier molecular flexibility index (Phi) is 3.37. The third-order valence-electron chi connectivity index (χ3n) is 1.88. The minimum atomic E-state index is -0.266. The topological polar surface area (TPSA) is 32.3 Å². The summed E-state index contributed by atoms with van der Waals surface area (Å²) < 4.78 is 0. The molecule has 1 aliphatic heterocycles. The summed E-state index contributed by atoms with van der Waals surface area (Å²) in [6.45, 7) is 2.80. The van der Waals surface area contributed by atoms with Crippen molar-refractivity contribution in [3.8, 4) is 0 Å². The van der Waals surface area contributed by atoms with Crippen LogP contribution in [-0.4, -0.2) is 23.8 Å². The van der Waals surface area contributed by atoms with Gasteiger partial charge in [-0.05, 0) is 26.3 Å². The Bertz CT molecular complexity index is 154. The Hall–Kier alpha value is -0.0500. The molecule has 1 saturated heterocycles. The number of nitrogens with one attached hydrogen (secondary N) is 1. The number of hydrogen-bond donors (Lipinski definition) is 2. The molecule has 0 aromatic heterocycles. The molecule has 2 N–H and O–H groups in total. The monoisotopic (exact) mass is 175 g/mol. The van der Waals surface area contributed by atoms with Gasteiger partial charge in [0.1, 0.15) is 0 Å². The zero-order chi connectivity index (χ0) is 8.27. The van der Waals surface area contributed by atoms with Crippen LogP contribution >= 0.6 is 11.6 Å². The molecule has 3 heteroatoms. The quantitative estimate of drug-likeness (QED) is 0.629. The van der Waals surface area contributed by atoms with Gasteiger partial charge in [0.15, 0.2) is 0 Å². The maximum atomic E-state index is 9.45. The largest absolute Gasteiger partial charge is 0.391 e. The van der Waals surface area contributed by atoms with Crippen LogP contribution in [0.5, 0.6) is 0 Å². The molecule has 2 nitrogen and oxygen atoms in total. The average molecular weight is 176 g/mol. The first-order chi connectivity index (χ1) is 5.20. The third kappa shape index (κ3) is 2.81. The van der Waals surface area contributed by atoms with Crippen molar-refractivity contribution in [3.63, 3.8) is 0 Å². The van der Waals surface area contributed by atoms with Crippen molar-refractivity contribution in [2.24, 2.45) is 0 Å². The maximum absolute atomic E-state index is 9.45. The second kappa shape index (κ2) is 4.10. The highest BCUT2D eigenvalue weighted by Gasteiger charge is 2.19. The van der Waals surface area contributed by atoms with Gasteiger partial charge in [-0.1, -0.05) is 17.7 Å². The van der Waals surface area contributed by atoms with Crippen LogP contribution < -0.4 is 5.32 Å². The molecule has 0 aromatic rings. The van der Waals surface area contributed by atoms with E-state index in [0.29, 0.717) is 0 Å². The van der Waals surface area contributed by atoms with E-state index in [1.54, 1.807) is 0 Å². The van der Waals surface area contributed by atoms with Crippen LogP contribution in [0.15, 0.2) is 11.1 Å². The van der Waals surface area contributed by atoms with Gasteiger partial charge in [0.05, 0.1) is 12.1 Å². The number of allylic oxidation sites excluding steroid dienone is 1. The molecule has 1 aliphatic rings. The highest BCUT2D eigenvalue weighted by Crippen LogP contribution is 2.12. The fourth-order valence-corrected chi connectivity index (χ4v) is 1.45. The van der Waals surface area contributed by atoms with E-state index in [1.807, 2.05) is 13.0 Å². The second-order valence-electron chi connectivity index (χ2n) is 2.94. The number of halogens is 1. The third-order valence-corrected chi connectivity index (χ3v) is 2.01. The van der Waals surface area contributed by atoms with E-state index in [2.05, 4.69) is 5.32 Å². The van der Waals surface area contributed by atoms with Crippen LogP contribution in [0.2, 0.25) is 0 Å². The van der Waals surface area contributed by atoms with E-state index in [1.165, 1.54) is 0 Å². The van der Waals surface area contributed by atoms with Gasteiger partial charge in [0, 0.05) is 5.03 Å². The van der Waals surface area contributed by atoms with Crippen molar-refractivity contribution in [2.75, 3.05) is 6.54 Å². The normalized spacial score (nSPS) is 33.9. The minimum absolute atomic E-state index is 0.0567. The fourth-order valence-electron chi connectivity index (χ4n) is 1.31. The zero-order valence-electron chi connectivity index (χ0n) is 6.68. The average Bonchev–Trinajstić information content (AvgIpc) is 1.93. The summed E-state index contributed by atoms with van der Waals surface area (Å²) in [6.07, 6.45) is 3.52. The standard InChI is InChI=1S/C8H14ClNO/c1-6(9)5-7-8(11)3-2-4-10-7/h5,7-8,10-11H,2-4H2,1H3/t7-,8-/m1/s1. The predicted molar refractivity (Wildman–Crippen MR) is 46.6 cm³/mol. The van der Waals surface area contributed by atoms with Crippen LogP contribution in [0.25, 0.3) is 0 Å². The van der Waals surface area contributed by atoms with E-state index in [-0.39, 0.29) is 12.1 Å². The SMILES string of the molecule is CC(Cl)=C[C@H]1NCCC[C@H]1O. The van der Waals surface area contributed by atoms with Gasteiger partial charge < -0.3 is 10.4 Å². The van der Waals surface area contributed by atoms with Gasteiger partial charge in [-0.2, -0.15) is 0 Å². The minimum Gasteiger partial charge on any atom is -0.391 e. The molecule has 0 saturated carbocycles. The lowest BCUT2D eigenvalue weighted by Gasteiger charge is -2.26. The summed E-state index contributed by atoms with van der Waals surface area (Å²) in [5.74, 6) is 0. The molecule has 0 aliphatic carbocycles. The Labute approximate surface area is 72.2 Å². The number of aliphatic hydroxyl groups is 1. The lowest BCUT2D eigenvalue weighted by Crippen LogP contribution is -2.43. The number of aliphatic hydroxyl groups excluding tert-OH is 1. The molecule has 64 valence electrons. The molecule has 11 heavy (non-hydrogen) atoms. The Morgan fingerprint density at radius 3 is 3.00 bits per heavy atom. The number of hydrogen-bond acceptors (Lipinski definition) is 2. The summed E-state index contributed by atoms with van der Waals surface area (Å²) in [7, 11) is 0. The maximum Gasteiger partial charge on any atom is 0.0730 e. The van der Waals surface area contributed by atoms with Crippen LogP contribution in [-0.2, 0) is 0 Å². The van der Waals surface area contributed by atoms with Crippen LogP contribution in [0, 0.1) is 0 Å². The Balaban J connectivity index is 2.48. The summed E-state index contributed by atoms with van der Waals surface area (Å²) >= 11 is 5.69. The van der Waals surface area contributed by atoms with Gasteiger partial charge in [-0.3, -0.25) is 0 Å². The molecule has 0 spiro atoms. The molecule has 0 amide bonds. The van der Waals surface area contributed by atoms with Crippen molar-refractivity contribution in [1.82, 2.24) is 5.32 Å². The summed E-state index contributed by atoms with van der Waals surface area (Å²) in [5, 5.41) is 13.4. The first-order valence-electron chi connectivity index (χ1n) is 3.95. The van der Waals surface area contributed by atoms with E-state index in [4.69, 9.17) is 11.6 Å². The van der Waals surface area contributed by atoms with Gasteiger partial charge in [-0.25, -0.2) is 0 Å². The van der Waals surface area contributed by atoms with Gasteiger partial charge in [0.2, 0.25) is 0 Å². The molecule has 2 atom stereocenters. The predicted octanol–water partition coefficient (Wildman–Crippen LogP) is 1.24. The molecule has 1 rings (SSSR count). The van der Waals surface area contributed by atoms with E-state index in [0.717, 1.165) is 24.4 Å². The van der Waals surface area contributed by atoms with Crippen LogP contribution in [0.4, 0.5) is 0 Å². The van der Waals surface area contributed by atoms with Gasteiger partial charge >= 0.3 is 0 Å². The zero-order valence-corrected chi connectivity index (χ0v) is 7.43. The summed E-state index contributed by atoms with van der Waals surface area (Å²) in [6, 6.07) is 0.0567. The second-order valence-corrected chi connectivity index (χ2v) is 3.54. The summed E-state index contributed by atoms with van der Waals surface area (Å²) in [5.41, 5.74) is 0. The first-order valence-corrected chi connectivity index (χ1v) is 4.33. The molecule has 0 aromatic carbocycles. The number of piperidine rings is 1. The van der Waals surface area contributed by atoms with Crippen LogP contribution in [0.3, 0.4) is 0 Å². The Morgan fingerprint density at radius 2 is 2.45 bits per heavy atom. The highest BCUT2D eigenvalue weighted by atomic mass is 35.5. The molecular formula is C8H14ClNO. The van der Waals surface area contributed by atoms with Gasteiger partial charge in [-0.15, -0.1) is 0 Å². The molecule has 0 bridgehead atoms. The molecule has 0 radical (unpaired) electrons. The molecular weight excluding hydrogens is 162 g/mol. The van der Waals surface area contributed by atoms with Crippen molar-refractivity contribution in [1.29, 1.82) is 0 Å². The molecule has 0 unspecified atom stereocenters. The van der Waals surface area contributed by atoms with Gasteiger partial charge in [0.25, 0.3) is 0 Å². The molecule has 1 heterocycles.